The molecule has 0 spiro atoms. The summed E-state index contributed by atoms with van der Waals surface area (Å²) in [5.41, 5.74) is 8.82. The zero-order valence-corrected chi connectivity index (χ0v) is 11.8. The Hall–Kier alpha value is -2.08. The smallest absolute Gasteiger partial charge is 0.0207 e. The van der Waals surface area contributed by atoms with E-state index in [-0.39, 0.29) is 0 Å². The minimum Gasteiger partial charge on any atom is -0.0732 e. The first-order chi connectivity index (χ1) is 9.86. The fourth-order valence-corrected chi connectivity index (χ4v) is 3.50. The molecule has 0 radical (unpaired) electrons. The fourth-order valence-electron chi connectivity index (χ4n) is 3.50. The molecule has 0 saturated heterocycles. The SMILES string of the molecule is CCc1cc2c(cc1C1C=CC=C1)Cc1ccccc1-2. The van der Waals surface area contributed by atoms with Crippen molar-refractivity contribution in [3.8, 4) is 11.1 Å². The summed E-state index contributed by atoms with van der Waals surface area (Å²) in [6.45, 7) is 2.26. The van der Waals surface area contributed by atoms with Gasteiger partial charge in [0.1, 0.15) is 0 Å². The summed E-state index contributed by atoms with van der Waals surface area (Å²) in [7, 11) is 0. The van der Waals surface area contributed by atoms with Crippen molar-refractivity contribution in [3.05, 3.63) is 83.0 Å². The first-order valence-electron chi connectivity index (χ1n) is 7.46. The summed E-state index contributed by atoms with van der Waals surface area (Å²) in [6, 6.07) is 13.7. The summed E-state index contributed by atoms with van der Waals surface area (Å²) in [6.07, 6.45) is 11.1. The largest absolute Gasteiger partial charge is 0.0732 e. The van der Waals surface area contributed by atoms with Crippen LogP contribution in [0, 0.1) is 0 Å². The molecule has 0 bridgehead atoms. The summed E-state index contributed by atoms with van der Waals surface area (Å²) < 4.78 is 0. The Morgan fingerprint density at radius 3 is 2.55 bits per heavy atom. The van der Waals surface area contributed by atoms with Crippen LogP contribution in [0.2, 0.25) is 0 Å². The van der Waals surface area contributed by atoms with Crippen LogP contribution in [0.1, 0.15) is 35.1 Å². The zero-order valence-electron chi connectivity index (χ0n) is 11.8. The molecule has 0 aromatic heterocycles. The van der Waals surface area contributed by atoms with Crippen LogP contribution in [0.25, 0.3) is 11.1 Å². The molecule has 2 aromatic carbocycles. The van der Waals surface area contributed by atoms with Crippen molar-refractivity contribution >= 4 is 0 Å². The van der Waals surface area contributed by atoms with Crippen molar-refractivity contribution in [1.82, 2.24) is 0 Å². The van der Waals surface area contributed by atoms with Crippen LogP contribution in [0.3, 0.4) is 0 Å². The van der Waals surface area contributed by atoms with Gasteiger partial charge in [0.2, 0.25) is 0 Å². The van der Waals surface area contributed by atoms with Crippen molar-refractivity contribution in [2.24, 2.45) is 0 Å². The van der Waals surface area contributed by atoms with E-state index in [0.29, 0.717) is 5.92 Å². The zero-order chi connectivity index (χ0) is 13.5. The van der Waals surface area contributed by atoms with Gasteiger partial charge in [-0.2, -0.15) is 0 Å². The molecule has 2 aliphatic rings. The number of fused-ring (bicyclic) bond motifs is 3. The Balaban J connectivity index is 1.88. The minimum atomic E-state index is 0.471. The Morgan fingerprint density at radius 2 is 1.75 bits per heavy atom. The highest BCUT2D eigenvalue weighted by Crippen LogP contribution is 2.40. The quantitative estimate of drug-likeness (QED) is 0.604. The number of rotatable bonds is 2. The molecule has 0 saturated carbocycles. The van der Waals surface area contributed by atoms with Crippen molar-refractivity contribution in [2.45, 2.75) is 25.7 Å². The molecule has 0 nitrogen and oxygen atoms in total. The van der Waals surface area contributed by atoms with Gasteiger partial charge in [0.05, 0.1) is 0 Å². The van der Waals surface area contributed by atoms with Gasteiger partial charge in [-0.1, -0.05) is 67.6 Å². The monoisotopic (exact) mass is 258 g/mol. The van der Waals surface area contributed by atoms with E-state index in [0.717, 1.165) is 12.8 Å². The summed E-state index contributed by atoms with van der Waals surface area (Å²) in [4.78, 5) is 0. The minimum absolute atomic E-state index is 0.471. The first kappa shape index (κ1) is 11.7. The van der Waals surface area contributed by atoms with Crippen LogP contribution < -0.4 is 0 Å². The van der Waals surface area contributed by atoms with Crippen molar-refractivity contribution in [3.63, 3.8) is 0 Å². The maximum absolute atomic E-state index is 2.44. The number of benzene rings is 2. The fraction of sp³-hybridized carbons (Fsp3) is 0.200. The van der Waals surface area contributed by atoms with Crippen molar-refractivity contribution in [1.29, 1.82) is 0 Å². The highest BCUT2D eigenvalue weighted by molar-refractivity contribution is 5.78. The van der Waals surface area contributed by atoms with Gasteiger partial charge >= 0.3 is 0 Å². The summed E-state index contributed by atoms with van der Waals surface area (Å²) >= 11 is 0. The van der Waals surface area contributed by atoms with E-state index < -0.39 is 0 Å². The predicted molar refractivity (Wildman–Crippen MR) is 85.1 cm³/mol. The van der Waals surface area contributed by atoms with Crippen LogP contribution in [-0.2, 0) is 12.8 Å². The van der Waals surface area contributed by atoms with Gasteiger partial charge in [-0.25, -0.2) is 0 Å². The molecule has 2 aromatic rings. The lowest BCUT2D eigenvalue weighted by atomic mass is 9.89. The maximum atomic E-state index is 2.44. The summed E-state index contributed by atoms with van der Waals surface area (Å²) in [5, 5.41) is 0. The third kappa shape index (κ3) is 1.68. The molecule has 0 fully saturated rings. The third-order valence-electron chi connectivity index (χ3n) is 4.54. The lowest BCUT2D eigenvalue weighted by molar-refractivity contribution is 1.01. The van der Waals surface area contributed by atoms with Crippen LogP contribution in [-0.4, -0.2) is 0 Å². The first-order valence-corrected chi connectivity index (χ1v) is 7.46. The second-order valence-electron chi connectivity index (χ2n) is 5.69. The van der Waals surface area contributed by atoms with E-state index in [1.807, 2.05) is 0 Å². The van der Waals surface area contributed by atoms with Crippen LogP contribution in [0.15, 0.2) is 60.7 Å². The maximum Gasteiger partial charge on any atom is 0.0207 e. The molecular formula is C20H18. The van der Waals surface area contributed by atoms with Gasteiger partial charge in [-0.15, -0.1) is 0 Å². The van der Waals surface area contributed by atoms with Crippen LogP contribution in [0.5, 0.6) is 0 Å². The van der Waals surface area contributed by atoms with Gasteiger partial charge in [-0.05, 0) is 46.2 Å². The van der Waals surface area contributed by atoms with E-state index in [1.54, 1.807) is 0 Å². The van der Waals surface area contributed by atoms with Crippen LogP contribution in [0.4, 0.5) is 0 Å². The second-order valence-corrected chi connectivity index (χ2v) is 5.69. The number of hydrogen-bond donors (Lipinski definition) is 0. The normalized spacial score (nSPS) is 15.7. The number of allylic oxidation sites excluding steroid dienone is 4. The van der Waals surface area contributed by atoms with Crippen LogP contribution >= 0.6 is 0 Å². The van der Waals surface area contributed by atoms with Gasteiger partial charge in [0.15, 0.2) is 0 Å². The predicted octanol–water partition coefficient (Wildman–Crippen LogP) is 5.03. The molecule has 98 valence electrons. The highest BCUT2D eigenvalue weighted by Gasteiger charge is 2.21. The molecule has 0 unspecified atom stereocenters. The lowest BCUT2D eigenvalue weighted by Gasteiger charge is -2.15. The van der Waals surface area contributed by atoms with Gasteiger partial charge < -0.3 is 0 Å². The lowest BCUT2D eigenvalue weighted by Crippen LogP contribution is -1.98. The van der Waals surface area contributed by atoms with Gasteiger partial charge in [0, 0.05) is 5.92 Å². The third-order valence-corrected chi connectivity index (χ3v) is 4.54. The van der Waals surface area contributed by atoms with E-state index in [1.165, 1.54) is 33.4 Å². The molecule has 0 N–H and O–H groups in total. The molecule has 2 aliphatic carbocycles. The average molecular weight is 258 g/mol. The topological polar surface area (TPSA) is 0 Å². The highest BCUT2D eigenvalue weighted by atomic mass is 14.3. The standard InChI is InChI=1S/C20H18/c1-2-14-12-20-17(11-16-9-5-6-10-18(16)20)13-19(14)15-7-3-4-8-15/h3-10,12-13,15H,2,11H2,1H3. The molecule has 4 rings (SSSR count). The van der Waals surface area contributed by atoms with E-state index in [9.17, 15) is 0 Å². The summed E-state index contributed by atoms with van der Waals surface area (Å²) in [5.74, 6) is 0.471. The number of aryl methyl sites for hydroxylation is 1. The van der Waals surface area contributed by atoms with E-state index >= 15 is 0 Å². The van der Waals surface area contributed by atoms with Gasteiger partial charge in [-0.3, -0.25) is 0 Å². The molecule has 0 amide bonds. The van der Waals surface area contributed by atoms with Crippen molar-refractivity contribution < 1.29 is 0 Å². The molecule has 0 atom stereocenters. The van der Waals surface area contributed by atoms with E-state index in [2.05, 4.69) is 67.6 Å². The second kappa shape index (κ2) is 4.49. The number of hydrogen-bond acceptors (Lipinski definition) is 0. The Morgan fingerprint density at radius 1 is 0.950 bits per heavy atom. The Kier molecular flexibility index (Phi) is 2.63. The average Bonchev–Trinajstić information content (AvgIpc) is 3.13. The van der Waals surface area contributed by atoms with Gasteiger partial charge in [0.25, 0.3) is 0 Å². The Labute approximate surface area is 120 Å². The Bertz CT molecular complexity index is 720. The molecular weight excluding hydrogens is 240 g/mol. The van der Waals surface area contributed by atoms with E-state index in [4.69, 9.17) is 0 Å². The van der Waals surface area contributed by atoms with Crippen molar-refractivity contribution in [2.75, 3.05) is 0 Å². The molecule has 20 heavy (non-hydrogen) atoms. The molecule has 0 heteroatoms. The molecule has 0 aliphatic heterocycles. The molecule has 0 heterocycles.